The Balaban J connectivity index is 1.65. The average molecular weight is 590 g/mol. The molecule has 212 valence electrons. The smallest absolute Gasteiger partial charge is 0.343 e. The summed E-state index contributed by atoms with van der Waals surface area (Å²) >= 11 is 6.24. The van der Waals surface area contributed by atoms with Gasteiger partial charge in [-0.25, -0.2) is 4.79 Å². The Morgan fingerprint density at radius 3 is 2.45 bits per heavy atom. The predicted octanol–water partition coefficient (Wildman–Crippen LogP) is 2.37. The molecule has 2 amide bonds. The summed E-state index contributed by atoms with van der Waals surface area (Å²) in [5, 5.41) is 12.9. The fourth-order valence-corrected chi connectivity index (χ4v) is 5.51. The monoisotopic (exact) mass is 589 g/mol. The molecule has 1 aliphatic heterocycles. The summed E-state index contributed by atoms with van der Waals surface area (Å²) in [6.07, 6.45) is 2.45. The fraction of sp³-hybridized carbons (Fsp3) is 0.308. The number of aromatic nitrogens is 2. The van der Waals surface area contributed by atoms with Crippen LogP contribution in [0.2, 0.25) is 5.02 Å². The van der Waals surface area contributed by atoms with E-state index < -0.39 is 27.8 Å². The number of piperidine rings is 1. The lowest BCUT2D eigenvalue weighted by atomic mass is 10.1. The number of aryl methyl sites for hydroxylation is 1. The third-order valence-electron chi connectivity index (χ3n) is 6.23. The second-order valence-electron chi connectivity index (χ2n) is 8.99. The first-order chi connectivity index (χ1) is 19.1. The van der Waals surface area contributed by atoms with Gasteiger partial charge in [0.2, 0.25) is 0 Å². The number of nitrogens with one attached hydrogen (secondary N) is 3. The van der Waals surface area contributed by atoms with E-state index in [4.69, 9.17) is 16.3 Å². The minimum absolute atomic E-state index is 0.0997. The number of ether oxygens (including phenoxy) is 2. The van der Waals surface area contributed by atoms with E-state index in [0.717, 1.165) is 19.3 Å². The first kappa shape index (κ1) is 29.1. The zero-order valence-electron chi connectivity index (χ0n) is 21.8. The highest BCUT2D eigenvalue weighted by atomic mass is 35.5. The Kier molecular flexibility index (Phi) is 9.07. The van der Waals surface area contributed by atoms with Crippen molar-refractivity contribution in [3.63, 3.8) is 0 Å². The van der Waals surface area contributed by atoms with E-state index in [2.05, 4.69) is 25.8 Å². The van der Waals surface area contributed by atoms with E-state index in [1.807, 2.05) is 0 Å². The van der Waals surface area contributed by atoms with Crippen LogP contribution in [0.3, 0.4) is 0 Å². The van der Waals surface area contributed by atoms with Crippen LogP contribution in [-0.2, 0) is 19.6 Å². The number of carbonyl (C=O) groups excluding carboxylic acids is 3. The van der Waals surface area contributed by atoms with Crippen LogP contribution in [0.4, 0.5) is 5.69 Å². The van der Waals surface area contributed by atoms with Gasteiger partial charge in [0.25, 0.3) is 21.8 Å². The summed E-state index contributed by atoms with van der Waals surface area (Å²) in [7, 11) is -3.06. The average Bonchev–Trinajstić information content (AvgIpc) is 3.37. The maximum Gasteiger partial charge on any atom is 0.343 e. The van der Waals surface area contributed by atoms with Crippen LogP contribution in [0.15, 0.2) is 53.6 Å². The van der Waals surface area contributed by atoms with Gasteiger partial charge in [-0.3, -0.25) is 9.59 Å². The van der Waals surface area contributed by atoms with Crippen molar-refractivity contribution in [3.8, 4) is 5.75 Å². The molecule has 0 radical (unpaired) electrons. The van der Waals surface area contributed by atoms with Crippen molar-refractivity contribution >= 4 is 45.1 Å². The standard InChI is InChI=1S/C26H28ClN5O7S/c1-16-4-3-5-20(27)23(16)25(34)30-21-14-32(31-24(21)26(35)29-17-10-12-28-13-11-17)40(36,37)19-8-6-18(7-9-19)39-15-22(33)38-2/h3-9,14,17,28H,10-13,15H2,1-2H3,(H,29,35)(H,30,34). The van der Waals surface area contributed by atoms with Gasteiger partial charge in [0.05, 0.1) is 34.5 Å². The molecule has 12 nitrogen and oxygen atoms in total. The van der Waals surface area contributed by atoms with Crippen LogP contribution < -0.4 is 20.7 Å². The van der Waals surface area contributed by atoms with E-state index >= 15 is 0 Å². The summed E-state index contributed by atoms with van der Waals surface area (Å²) in [5.74, 6) is -1.60. The van der Waals surface area contributed by atoms with Crippen molar-refractivity contribution < 1.29 is 32.3 Å². The molecule has 14 heteroatoms. The number of esters is 1. The molecule has 1 saturated heterocycles. The molecule has 0 spiro atoms. The number of rotatable bonds is 9. The molecule has 0 atom stereocenters. The molecule has 1 aromatic heterocycles. The molecule has 40 heavy (non-hydrogen) atoms. The van der Waals surface area contributed by atoms with E-state index in [0.29, 0.717) is 22.5 Å². The molecule has 0 saturated carbocycles. The van der Waals surface area contributed by atoms with E-state index in [1.54, 1.807) is 25.1 Å². The third kappa shape index (κ3) is 6.61. The second kappa shape index (κ2) is 12.5. The summed E-state index contributed by atoms with van der Waals surface area (Å²) in [6.45, 7) is 2.81. The lowest BCUT2D eigenvalue weighted by molar-refractivity contribution is -0.142. The van der Waals surface area contributed by atoms with Gasteiger partial charge in [-0.2, -0.15) is 17.6 Å². The fourth-order valence-electron chi connectivity index (χ4n) is 4.08. The molecular formula is C26H28ClN5O7S. The molecule has 1 aliphatic rings. The van der Waals surface area contributed by atoms with Crippen LogP contribution in [-0.4, -0.2) is 68.2 Å². The number of carbonyl (C=O) groups is 3. The number of methoxy groups -OCH3 is 1. The van der Waals surface area contributed by atoms with E-state index in [9.17, 15) is 22.8 Å². The van der Waals surface area contributed by atoms with Crippen LogP contribution in [0.25, 0.3) is 0 Å². The highest BCUT2D eigenvalue weighted by molar-refractivity contribution is 7.89. The van der Waals surface area contributed by atoms with Gasteiger partial charge >= 0.3 is 5.97 Å². The summed E-state index contributed by atoms with van der Waals surface area (Å²) in [4.78, 5) is 37.5. The zero-order chi connectivity index (χ0) is 28.9. The molecule has 1 fully saturated rings. The summed E-state index contributed by atoms with van der Waals surface area (Å²) in [5.41, 5.74) is 0.419. The normalized spacial score (nSPS) is 13.9. The second-order valence-corrected chi connectivity index (χ2v) is 11.2. The molecule has 0 bridgehead atoms. The molecular weight excluding hydrogens is 562 g/mol. The number of nitrogens with zero attached hydrogens (tertiary/aromatic N) is 2. The van der Waals surface area contributed by atoms with Crippen LogP contribution in [0.1, 0.15) is 39.3 Å². The zero-order valence-corrected chi connectivity index (χ0v) is 23.3. The minimum Gasteiger partial charge on any atom is -0.482 e. The number of halogens is 1. The topological polar surface area (TPSA) is 158 Å². The van der Waals surface area contributed by atoms with Gasteiger partial charge in [-0.05, 0) is 68.8 Å². The lowest BCUT2D eigenvalue weighted by Gasteiger charge is -2.23. The van der Waals surface area contributed by atoms with E-state index in [1.165, 1.54) is 31.4 Å². The molecule has 4 rings (SSSR count). The Bertz CT molecular complexity index is 1500. The van der Waals surface area contributed by atoms with E-state index in [-0.39, 0.29) is 45.3 Å². The maximum absolute atomic E-state index is 13.4. The van der Waals surface area contributed by atoms with Crippen molar-refractivity contribution in [2.75, 3.05) is 32.1 Å². The highest BCUT2D eigenvalue weighted by Crippen LogP contribution is 2.25. The van der Waals surface area contributed by atoms with Gasteiger partial charge in [-0.1, -0.05) is 23.7 Å². The Hall–Kier alpha value is -3.94. The van der Waals surface area contributed by atoms with Gasteiger partial charge in [0, 0.05) is 6.04 Å². The quantitative estimate of drug-likeness (QED) is 0.319. The highest BCUT2D eigenvalue weighted by Gasteiger charge is 2.28. The largest absolute Gasteiger partial charge is 0.482 e. The summed E-state index contributed by atoms with van der Waals surface area (Å²) in [6, 6.07) is 10.1. The van der Waals surface area contributed by atoms with Crippen molar-refractivity contribution in [2.24, 2.45) is 0 Å². The minimum atomic E-state index is -4.29. The third-order valence-corrected chi connectivity index (χ3v) is 8.09. The van der Waals surface area contributed by atoms with Gasteiger partial charge in [0.15, 0.2) is 12.3 Å². The van der Waals surface area contributed by atoms with Crippen LogP contribution in [0.5, 0.6) is 5.75 Å². The number of hydrogen-bond donors (Lipinski definition) is 3. The Morgan fingerprint density at radius 2 is 1.80 bits per heavy atom. The first-order valence-electron chi connectivity index (χ1n) is 12.3. The molecule has 2 heterocycles. The van der Waals surface area contributed by atoms with Gasteiger partial charge in [0.1, 0.15) is 5.75 Å². The molecule has 0 aliphatic carbocycles. The molecule has 2 aromatic carbocycles. The SMILES string of the molecule is COC(=O)COc1ccc(S(=O)(=O)n2cc(NC(=O)c3c(C)cccc3Cl)c(C(=O)NC3CCNCC3)n2)cc1. The summed E-state index contributed by atoms with van der Waals surface area (Å²) < 4.78 is 37.2. The van der Waals surface area contributed by atoms with Crippen molar-refractivity contribution in [1.29, 1.82) is 0 Å². The lowest BCUT2D eigenvalue weighted by Crippen LogP contribution is -2.43. The Labute approximate surface area is 236 Å². The van der Waals surface area contributed by atoms with Crippen LogP contribution in [0, 0.1) is 6.92 Å². The van der Waals surface area contributed by atoms with Gasteiger partial charge < -0.3 is 25.4 Å². The molecule has 3 aromatic rings. The number of anilines is 1. The van der Waals surface area contributed by atoms with Crippen molar-refractivity contribution in [2.45, 2.75) is 30.7 Å². The Morgan fingerprint density at radius 1 is 1.10 bits per heavy atom. The number of hydrogen-bond acceptors (Lipinski definition) is 9. The predicted molar refractivity (Wildman–Crippen MR) is 146 cm³/mol. The van der Waals surface area contributed by atoms with Crippen LogP contribution >= 0.6 is 11.6 Å². The maximum atomic E-state index is 13.4. The molecule has 3 N–H and O–H groups in total. The number of benzene rings is 2. The first-order valence-corrected chi connectivity index (χ1v) is 14.1. The van der Waals surface area contributed by atoms with Gasteiger partial charge in [-0.15, -0.1) is 0 Å². The van der Waals surface area contributed by atoms with Crippen molar-refractivity contribution in [3.05, 3.63) is 70.5 Å². The van der Waals surface area contributed by atoms with Crippen molar-refractivity contribution in [1.82, 2.24) is 19.8 Å². The number of amides is 2. The molecule has 0 unspecified atom stereocenters.